The molecule has 1 heterocycles. The highest BCUT2D eigenvalue weighted by molar-refractivity contribution is 7.89. The minimum atomic E-state index is -3.28. The number of rotatable bonds is 6. The lowest BCUT2D eigenvalue weighted by Gasteiger charge is -2.23. The molecule has 17 heavy (non-hydrogen) atoms. The first-order valence-electron chi connectivity index (χ1n) is 6.04. The number of nitrogens with zero attached hydrogens (tertiary/aromatic N) is 1. The van der Waals surface area contributed by atoms with E-state index < -0.39 is 16.0 Å². The molecule has 0 aromatic heterocycles. The second-order valence-corrected chi connectivity index (χ2v) is 7.04. The van der Waals surface area contributed by atoms with Crippen molar-refractivity contribution in [1.29, 1.82) is 0 Å². The van der Waals surface area contributed by atoms with Gasteiger partial charge in [0, 0.05) is 12.6 Å². The van der Waals surface area contributed by atoms with Crippen LogP contribution in [0.3, 0.4) is 0 Å². The molecule has 0 saturated carbocycles. The Kier molecular flexibility index (Phi) is 4.94. The minimum absolute atomic E-state index is 0.0824. The monoisotopic (exact) mass is 263 g/mol. The third-order valence-electron chi connectivity index (χ3n) is 3.04. The molecular formula is C11H21NO4S. The van der Waals surface area contributed by atoms with Crippen molar-refractivity contribution in [2.75, 3.05) is 12.3 Å². The zero-order valence-corrected chi connectivity index (χ0v) is 11.2. The quantitative estimate of drug-likeness (QED) is 0.784. The first-order valence-corrected chi connectivity index (χ1v) is 7.65. The normalized spacial score (nSPS) is 22.2. The number of hydrogen-bond acceptors (Lipinski definition) is 3. The topological polar surface area (TPSA) is 74.7 Å². The summed E-state index contributed by atoms with van der Waals surface area (Å²) >= 11 is 0. The van der Waals surface area contributed by atoms with Gasteiger partial charge in [-0.05, 0) is 25.2 Å². The molecule has 1 N–H and O–H groups in total. The van der Waals surface area contributed by atoms with Gasteiger partial charge in [0.25, 0.3) is 0 Å². The zero-order chi connectivity index (χ0) is 13.1. The van der Waals surface area contributed by atoms with Crippen LogP contribution >= 0.6 is 0 Å². The summed E-state index contributed by atoms with van der Waals surface area (Å²) in [5.74, 6) is -0.466. The average Bonchev–Trinajstić information content (AvgIpc) is 2.62. The van der Waals surface area contributed by atoms with Crippen LogP contribution in [0.25, 0.3) is 0 Å². The Bertz CT molecular complexity index is 364. The van der Waals surface area contributed by atoms with E-state index in [1.165, 1.54) is 4.31 Å². The van der Waals surface area contributed by atoms with Gasteiger partial charge in [0.05, 0.1) is 12.2 Å². The Morgan fingerprint density at radius 2 is 2.12 bits per heavy atom. The summed E-state index contributed by atoms with van der Waals surface area (Å²) in [6.07, 6.45) is 1.96. The molecule has 0 aliphatic carbocycles. The maximum atomic E-state index is 12.1. The molecule has 1 atom stereocenters. The van der Waals surface area contributed by atoms with Crippen LogP contribution in [0.2, 0.25) is 0 Å². The number of hydrogen-bond donors (Lipinski definition) is 1. The largest absolute Gasteiger partial charge is 0.481 e. The molecule has 5 nitrogen and oxygen atoms in total. The van der Waals surface area contributed by atoms with Crippen molar-refractivity contribution >= 4 is 16.0 Å². The number of aliphatic carboxylic acids is 1. The number of carboxylic acid groups (broad SMARTS) is 1. The Labute approximate surface area is 103 Å². The molecule has 1 unspecified atom stereocenters. The summed E-state index contributed by atoms with van der Waals surface area (Å²) in [6.45, 7) is 4.43. The summed E-state index contributed by atoms with van der Waals surface area (Å²) in [4.78, 5) is 10.7. The van der Waals surface area contributed by atoms with Gasteiger partial charge in [-0.1, -0.05) is 13.8 Å². The SMILES string of the molecule is CC(C)CCS(=O)(=O)N1CCCC1CC(=O)O. The molecule has 0 aromatic carbocycles. The molecule has 1 saturated heterocycles. The summed E-state index contributed by atoms with van der Waals surface area (Å²) in [7, 11) is -3.28. The minimum Gasteiger partial charge on any atom is -0.481 e. The van der Waals surface area contributed by atoms with Crippen LogP contribution in [0.1, 0.15) is 39.5 Å². The van der Waals surface area contributed by atoms with Gasteiger partial charge in [0.1, 0.15) is 0 Å². The van der Waals surface area contributed by atoms with Crippen molar-refractivity contribution in [3.05, 3.63) is 0 Å². The molecule has 1 rings (SSSR count). The third kappa shape index (κ3) is 4.27. The van der Waals surface area contributed by atoms with Crippen molar-refractivity contribution < 1.29 is 18.3 Å². The maximum absolute atomic E-state index is 12.1. The summed E-state index contributed by atoms with van der Waals surface area (Å²) in [5.41, 5.74) is 0. The molecule has 6 heteroatoms. The smallest absolute Gasteiger partial charge is 0.304 e. The summed E-state index contributed by atoms with van der Waals surface area (Å²) in [6, 6.07) is -0.343. The molecule has 100 valence electrons. The van der Waals surface area contributed by atoms with E-state index in [1.807, 2.05) is 13.8 Å². The summed E-state index contributed by atoms with van der Waals surface area (Å²) in [5, 5.41) is 8.75. The van der Waals surface area contributed by atoms with Crippen LogP contribution in [-0.2, 0) is 14.8 Å². The fourth-order valence-electron chi connectivity index (χ4n) is 2.08. The number of carboxylic acids is 1. The second kappa shape index (κ2) is 5.82. The highest BCUT2D eigenvalue weighted by Crippen LogP contribution is 2.24. The van der Waals surface area contributed by atoms with Crippen LogP contribution < -0.4 is 0 Å². The van der Waals surface area contributed by atoms with Gasteiger partial charge in [0.15, 0.2) is 0 Å². The van der Waals surface area contributed by atoms with Crippen LogP contribution in [0.5, 0.6) is 0 Å². The Hall–Kier alpha value is -0.620. The van der Waals surface area contributed by atoms with Crippen molar-refractivity contribution in [3.63, 3.8) is 0 Å². The van der Waals surface area contributed by atoms with E-state index in [0.717, 1.165) is 6.42 Å². The molecule has 0 aromatic rings. The van der Waals surface area contributed by atoms with Crippen LogP contribution in [0.4, 0.5) is 0 Å². The van der Waals surface area contributed by atoms with Gasteiger partial charge in [-0.3, -0.25) is 4.79 Å². The fourth-order valence-corrected chi connectivity index (χ4v) is 4.13. The molecule has 1 aliphatic heterocycles. The van der Waals surface area contributed by atoms with Crippen molar-refractivity contribution in [1.82, 2.24) is 4.31 Å². The van der Waals surface area contributed by atoms with E-state index in [-0.39, 0.29) is 18.2 Å². The lowest BCUT2D eigenvalue weighted by atomic mass is 10.2. The Morgan fingerprint density at radius 3 is 2.65 bits per heavy atom. The van der Waals surface area contributed by atoms with Crippen LogP contribution in [0.15, 0.2) is 0 Å². The van der Waals surface area contributed by atoms with Gasteiger partial charge in [-0.15, -0.1) is 0 Å². The standard InChI is InChI=1S/C11H21NO4S/c1-9(2)5-7-17(15,16)12-6-3-4-10(12)8-11(13)14/h9-10H,3-8H2,1-2H3,(H,13,14). The molecule has 0 bridgehead atoms. The first kappa shape index (κ1) is 14.4. The van der Waals surface area contributed by atoms with Crippen LogP contribution in [-0.4, -0.2) is 42.1 Å². The summed E-state index contributed by atoms with van der Waals surface area (Å²) < 4.78 is 25.5. The van der Waals surface area contributed by atoms with Gasteiger partial charge in [0.2, 0.25) is 10.0 Å². The number of carbonyl (C=O) groups is 1. The van der Waals surface area contributed by atoms with Gasteiger partial charge >= 0.3 is 5.97 Å². The second-order valence-electron chi connectivity index (χ2n) is 5.00. The van der Waals surface area contributed by atoms with Gasteiger partial charge < -0.3 is 5.11 Å². The predicted octanol–water partition coefficient (Wildman–Crippen LogP) is 1.30. The molecule has 0 amide bonds. The molecule has 1 aliphatic rings. The number of sulfonamides is 1. The first-order chi connectivity index (χ1) is 7.83. The van der Waals surface area contributed by atoms with Crippen molar-refractivity contribution in [2.24, 2.45) is 5.92 Å². The highest BCUT2D eigenvalue weighted by Gasteiger charge is 2.34. The van der Waals surface area contributed by atoms with E-state index in [1.54, 1.807) is 0 Å². The average molecular weight is 263 g/mol. The lowest BCUT2D eigenvalue weighted by molar-refractivity contribution is -0.137. The highest BCUT2D eigenvalue weighted by atomic mass is 32.2. The van der Waals surface area contributed by atoms with E-state index in [2.05, 4.69) is 0 Å². The van der Waals surface area contributed by atoms with E-state index in [4.69, 9.17) is 5.11 Å². The van der Waals surface area contributed by atoms with Gasteiger partial charge in [-0.25, -0.2) is 8.42 Å². The molecular weight excluding hydrogens is 242 g/mol. The van der Waals surface area contributed by atoms with Crippen LogP contribution in [0, 0.1) is 5.92 Å². The maximum Gasteiger partial charge on any atom is 0.304 e. The van der Waals surface area contributed by atoms with E-state index >= 15 is 0 Å². The Balaban J connectivity index is 2.66. The molecule has 0 spiro atoms. The zero-order valence-electron chi connectivity index (χ0n) is 10.4. The van der Waals surface area contributed by atoms with E-state index in [0.29, 0.717) is 25.3 Å². The van der Waals surface area contributed by atoms with Crippen molar-refractivity contribution in [2.45, 2.75) is 45.6 Å². The van der Waals surface area contributed by atoms with Crippen molar-refractivity contribution in [3.8, 4) is 0 Å². The third-order valence-corrected chi connectivity index (χ3v) is 4.99. The van der Waals surface area contributed by atoms with Gasteiger partial charge in [-0.2, -0.15) is 4.31 Å². The lowest BCUT2D eigenvalue weighted by Crippen LogP contribution is -2.38. The molecule has 0 radical (unpaired) electrons. The fraction of sp³-hybridized carbons (Fsp3) is 0.909. The Morgan fingerprint density at radius 1 is 1.47 bits per heavy atom. The van der Waals surface area contributed by atoms with E-state index in [9.17, 15) is 13.2 Å². The predicted molar refractivity (Wildman–Crippen MR) is 65.2 cm³/mol. The molecule has 1 fully saturated rings.